The lowest BCUT2D eigenvalue weighted by Crippen LogP contribution is -1.90. The molecule has 0 fully saturated rings. The second-order valence-electron chi connectivity index (χ2n) is 0.947. The smallest absolute Gasteiger partial charge is 0.158 e. The Morgan fingerprint density at radius 1 is 1.38 bits per heavy atom. The minimum Gasteiger partial charge on any atom is -0.392 e. The quantitative estimate of drug-likeness (QED) is 0.369. The summed E-state index contributed by atoms with van der Waals surface area (Å²) in [5, 5.41) is 16.2. The van der Waals surface area contributed by atoms with Crippen LogP contribution in [0, 0.1) is 22.7 Å². The third kappa shape index (κ3) is 1.80. The Labute approximate surface area is 60.5 Å². The van der Waals surface area contributed by atoms with Crippen molar-refractivity contribution >= 4 is 22.6 Å². The number of nitriles is 2. The molecular formula is C4H2IN3. The van der Waals surface area contributed by atoms with Crippen LogP contribution in [-0.2, 0) is 0 Å². The number of allylic oxidation sites excluding steroid dienone is 1. The number of nitrogens with two attached hydrogens (primary N) is 1. The lowest BCUT2D eigenvalue weighted by molar-refractivity contribution is 1.43. The second kappa shape index (κ2) is 3.28. The first-order valence-corrected chi connectivity index (χ1v) is 2.75. The molecule has 0 aliphatic heterocycles. The standard InChI is InChI=1S/C4H2IN3/c5-4(8)3(1-6)2-7/h8H2. The van der Waals surface area contributed by atoms with Gasteiger partial charge in [0.2, 0.25) is 0 Å². The maximum atomic E-state index is 8.08. The van der Waals surface area contributed by atoms with Crippen molar-refractivity contribution in [3.8, 4) is 12.1 Å². The fourth-order valence-corrected chi connectivity index (χ4v) is 0.373. The monoisotopic (exact) mass is 219 g/mol. The molecule has 40 valence electrons. The Morgan fingerprint density at radius 3 is 1.75 bits per heavy atom. The van der Waals surface area contributed by atoms with Crippen LogP contribution in [0.5, 0.6) is 0 Å². The Bertz CT molecular complexity index is 172. The van der Waals surface area contributed by atoms with Crippen LogP contribution in [0.25, 0.3) is 0 Å². The molecule has 0 saturated heterocycles. The molecule has 0 aromatic rings. The molecule has 0 aliphatic carbocycles. The summed E-state index contributed by atoms with van der Waals surface area (Å²) in [5.74, 6) is 0. The van der Waals surface area contributed by atoms with Gasteiger partial charge in [0.1, 0.15) is 12.1 Å². The van der Waals surface area contributed by atoms with Gasteiger partial charge in [-0.15, -0.1) is 0 Å². The van der Waals surface area contributed by atoms with E-state index in [0.29, 0.717) is 0 Å². The molecule has 0 aliphatic rings. The van der Waals surface area contributed by atoms with Crippen molar-refractivity contribution in [1.82, 2.24) is 0 Å². The first-order chi connectivity index (χ1) is 3.72. The van der Waals surface area contributed by atoms with E-state index in [1.54, 1.807) is 34.7 Å². The van der Waals surface area contributed by atoms with Gasteiger partial charge >= 0.3 is 0 Å². The number of nitrogens with zero attached hydrogens (tertiary/aromatic N) is 2. The number of halogens is 1. The molecule has 8 heavy (non-hydrogen) atoms. The highest BCUT2D eigenvalue weighted by Crippen LogP contribution is 2.02. The van der Waals surface area contributed by atoms with E-state index in [9.17, 15) is 0 Å². The minimum absolute atomic E-state index is 0.0226. The molecular weight excluding hydrogens is 217 g/mol. The van der Waals surface area contributed by atoms with Crippen molar-refractivity contribution in [3.63, 3.8) is 0 Å². The molecule has 0 rings (SSSR count). The lowest BCUT2D eigenvalue weighted by atomic mass is 10.4. The van der Waals surface area contributed by atoms with Gasteiger partial charge in [-0.25, -0.2) is 0 Å². The summed E-state index contributed by atoms with van der Waals surface area (Å²) in [6.07, 6.45) is 0. The molecule has 0 aromatic carbocycles. The van der Waals surface area contributed by atoms with Crippen molar-refractivity contribution in [2.24, 2.45) is 5.73 Å². The van der Waals surface area contributed by atoms with Crippen LogP contribution in [0.4, 0.5) is 0 Å². The van der Waals surface area contributed by atoms with Gasteiger partial charge in [-0.3, -0.25) is 0 Å². The van der Waals surface area contributed by atoms with E-state index >= 15 is 0 Å². The topological polar surface area (TPSA) is 73.6 Å². The maximum absolute atomic E-state index is 8.08. The lowest BCUT2D eigenvalue weighted by Gasteiger charge is -1.80. The van der Waals surface area contributed by atoms with Gasteiger partial charge in [-0.1, -0.05) is 0 Å². The van der Waals surface area contributed by atoms with E-state index in [2.05, 4.69) is 0 Å². The van der Waals surface area contributed by atoms with Crippen molar-refractivity contribution in [2.45, 2.75) is 0 Å². The van der Waals surface area contributed by atoms with Crippen LogP contribution in [0.3, 0.4) is 0 Å². The van der Waals surface area contributed by atoms with Crippen LogP contribution >= 0.6 is 22.6 Å². The highest BCUT2D eigenvalue weighted by atomic mass is 127. The summed E-state index contributed by atoms with van der Waals surface area (Å²) < 4.78 is 0.243. The molecule has 0 heterocycles. The van der Waals surface area contributed by atoms with E-state index in [4.69, 9.17) is 16.3 Å². The van der Waals surface area contributed by atoms with Gasteiger partial charge in [0.15, 0.2) is 5.57 Å². The summed E-state index contributed by atoms with van der Waals surface area (Å²) in [7, 11) is 0. The fourth-order valence-electron chi connectivity index (χ4n) is 0.132. The van der Waals surface area contributed by atoms with Gasteiger partial charge in [0.05, 0.1) is 3.70 Å². The van der Waals surface area contributed by atoms with Crippen molar-refractivity contribution in [1.29, 1.82) is 10.5 Å². The molecule has 0 spiro atoms. The van der Waals surface area contributed by atoms with E-state index in [1.807, 2.05) is 0 Å². The van der Waals surface area contributed by atoms with Gasteiger partial charge in [0, 0.05) is 0 Å². The van der Waals surface area contributed by atoms with Crippen LogP contribution in [0.2, 0.25) is 0 Å². The first-order valence-electron chi connectivity index (χ1n) is 1.67. The average Bonchev–Trinajstić information content (AvgIpc) is 1.69. The van der Waals surface area contributed by atoms with Crippen LogP contribution in [0.15, 0.2) is 9.28 Å². The maximum Gasteiger partial charge on any atom is 0.158 e. The molecule has 0 unspecified atom stereocenters. The summed E-state index contributed by atoms with van der Waals surface area (Å²) in [6, 6.07) is 3.27. The molecule has 2 N–H and O–H groups in total. The molecule has 0 bridgehead atoms. The molecule has 0 aromatic heterocycles. The summed E-state index contributed by atoms with van der Waals surface area (Å²) >= 11 is 1.72. The third-order valence-corrected chi connectivity index (χ3v) is 1.00. The predicted octanol–water partition coefficient (Wildman–Crippen LogP) is 0.639. The van der Waals surface area contributed by atoms with Crippen LogP contribution < -0.4 is 5.73 Å². The SMILES string of the molecule is N#CC(C#N)=C(N)I. The number of hydrogen-bond donors (Lipinski definition) is 1. The van der Waals surface area contributed by atoms with Gasteiger partial charge in [-0.2, -0.15) is 10.5 Å². The Kier molecular flexibility index (Phi) is 2.97. The Morgan fingerprint density at radius 2 is 1.75 bits per heavy atom. The average molecular weight is 219 g/mol. The van der Waals surface area contributed by atoms with Crippen molar-refractivity contribution in [2.75, 3.05) is 0 Å². The molecule has 0 saturated carbocycles. The largest absolute Gasteiger partial charge is 0.392 e. The van der Waals surface area contributed by atoms with Gasteiger partial charge in [-0.05, 0) is 22.6 Å². The zero-order valence-electron chi connectivity index (χ0n) is 3.85. The van der Waals surface area contributed by atoms with E-state index in [0.717, 1.165) is 0 Å². The minimum atomic E-state index is -0.0226. The zero-order chi connectivity index (χ0) is 6.57. The van der Waals surface area contributed by atoms with Gasteiger partial charge < -0.3 is 5.73 Å². The van der Waals surface area contributed by atoms with Crippen molar-refractivity contribution in [3.05, 3.63) is 9.28 Å². The Hall–Kier alpha value is -0.750. The molecule has 0 amide bonds. The van der Waals surface area contributed by atoms with Gasteiger partial charge in [0.25, 0.3) is 0 Å². The number of rotatable bonds is 0. The fraction of sp³-hybridized carbons (Fsp3) is 0. The zero-order valence-corrected chi connectivity index (χ0v) is 6.01. The normalized spacial score (nSPS) is 6.38. The first kappa shape index (κ1) is 7.25. The summed E-state index contributed by atoms with van der Waals surface area (Å²) in [5.41, 5.74) is 5.06. The van der Waals surface area contributed by atoms with E-state index in [1.165, 1.54) is 0 Å². The van der Waals surface area contributed by atoms with Crippen LogP contribution in [-0.4, -0.2) is 0 Å². The molecule has 4 heteroatoms. The summed E-state index contributed by atoms with van der Waals surface area (Å²) in [4.78, 5) is 0. The second-order valence-corrected chi connectivity index (χ2v) is 2.11. The highest BCUT2D eigenvalue weighted by Gasteiger charge is 1.93. The van der Waals surface area contributed by atoms with E-state index in [-0.39, 0.29) is 9.28 Å². The Balaban J connectivity index is 4.47. The number of hydrogen-bond acceptors (Lipinski definition) is 3. The third-order valence-electron chi connectivity index (χ3n) is 0.462. The molecule has 3 nitrogen and oxygen atoms in total. The predicted molar refractivity (Wildman–Crippen MR) is 36.5 cm³/mol. The van der Waals surface area contributed by atoms with Crippen molar-refractivity contribution < 1.29 is 0 Å². The molecule has 0 radical (unpaired) electrons. The molecule has 0 atom stereocenters. The summed E-state index contributed by atoms with van der Waals surface area (Å²) in [6.45, 7) is 0. The highest BCUT2D eigenvalue weighted by molar-refractivity contribution is 14.1. The van der Waals surface area contributed by atoms with Crippen LogP contribution in [0.1, 0.15) is 0 Å². The van der Waals surface area contributed by atoms with E-state index < -0.39 is 0 Å².